The zero-order valence-electron chi connectivity index (χ0n) is 13.2. The van der Waals surface area contributed by atoms with Crippen molar-refractivity contribution in [3.8, 4) is 0 Å². The Morgan fingerprint density at radius 2 is 1.90 bits per heavy atom. The van der Waals surface area contributed by atoms with Gasteiger partial charge in [-0.2, -0.15) is 0 Å². The van der Waals surface area contributed by atoms with Gasteiger partial charge in [0, 0.05) is 12.6 Å². The molecule has 0 aromatic heterocycles. The average Bonchev–Trinajstić information content (AvgIpc) is 2.85. The monoisotopic (exact) mass is 327 g/mol. The highest BCUT2D eigenvalue weighted by molar-refractivity contribution is 5.87. The van der Waals surface area contributed by atoms with E-state index in [1.807, 2.05) is 0 Å². The van der Waals surface area contributed by atoms with Crippen molar-refractivity contribution >= 4 is 30.7 Å². The zero-order valence-corrected chi connectivity index (χ0v) is 14.8. The highest BCUT2D eigenvalue weighted by Crippen LogP contribution is 2.23. The van der Waals surface area contributed by atoms with Crippen LogP contribution >= 0.6 is 24.8 Å². The van der Waals surface area contributed by atoms with E-state index in [0.717, 1.165) is 45.4 Å². The molecule has 1 saturated heterocycles. The van der Waals surface area contributed by atoms with E-state index in [4.69, 9.17) is 0 Å². The lowest BCUT2D eigenvalue weighted by molar-refractivity contribution is -0.128. The fourth-order valence-electron chi connectivity index (χ4n) is 2.74. The first-order valence-corrected chi connectivity index (χ1v) is 7.36. The summed E-state index contributed by atoms with van der Waals surface area (Å²) < 4.78 is 0. The van der Waals surface area contributed by atoms with Gasteiger partial charge in [-0.05, 0) is 45.8 Å². The van der Waals surface area contributed by atoms with E-state index in [0.29, 0.717) is 0 Å². The molecule has 2 N–H and O–H groups in total. The molecule has 0 spiro atoms. The van der Waals surface area contributed by atoms with Crippen LogP contribution in [0.5, 0.6) is 0 Å². The van der Waals surface area contributed by atoms with Crippen molar-refractivity contribution in [2.24, 2.45) is 0 Å². The van der Waals surface area contributed by atoms with Crippen molar-refractivity contribution < 1.29 is 4.79 Å². The minimum absolute atomic E-state index is 0. The molecule has 1 aliphatic rings. The molecule has 1 heterocycles. The van der Waals surface area contributed by atoms with Gasteiger partial charge in [0.1, 0.15) is 0 Å². The summed E-state index contributed by atoms with van der Waals surface area (Å²) in [5, 5.41) is 6.55. The number of nitrogens with zero attached hydrogens (tertiary/aromatic N) is 1. The Bertz CT molecular complexity index is 267. The Labute approximate surface area is 136 Å². The van der Waals surface area contributed by atoms with Gasteiger partial charge in [-0.1, -0.05) is 20.8 Å². The SMILES string of the molecule is CCN(CC)CC(C)NC(=O)C1(CC)CCCN1.Cl.Cl. The van der Waals surface area contributed by atoms with E-state index in [1.165, 1.54) is 0 Å². The van der Waals surface area contributed by atoms with E-state index in [-0.39, 0.29) is 42.3 Å². The summed E-state index contributed by atoms with van der Waals surface area (Å²) in [4.78, 5) is 14.7. The molecule has 0 aromatic rings. The largest absolute Gasteiger partial charge is 0.351 e. The van der Waals surface area contributed by atoms with Gasteiger partial charge in [-0.25, -0.2) is 0 Å². The lowest BCUT2D eigenvalue weighted by Gasteiger charge is -2.30. The molecule has 4 nitrogen and oxygen atoms in total. The molecule has 122 valence electrons. The van der Waals surface area contributed by atoms with Gasteiger partial charge in [0.05, 0.1) is 5.54 Å². The van der Waals surface area contributed by atoms with Crippen molar-refractivity contribution in [2.45, 2.75) is 58.5 Å². The molecule has 2 unspecified atom stereocenters. The van der Waals surface area contributed by atoms with E-state index in [2.05, 4.69) is 43.2 Å². The molecule has 1 amide bonds. The van der Waals surface area contributed by atoms with Crippen LogP contribution in [0.4, 0.5) is 0 Å². The van der Waals surface area contributed by atoms with Crippen molar-refractivity contribution in [2.75, 3.05) is 26.2 Å². The average molecular weight is 328 g/mol. The van der Waals surface area contributed by atoms with Gasteiger partial charge in [-0.15, -0.1) is 24.8 Å². The first-order chi connectivity index (χ1) is 8.57. The third-order valence-electron chi connectivity index (χ3n) is 4.09. The predicted octanol–water partition coefficient (Wildman–Crippen LogP) is 2.21. The molecule has 1 fully saturated rings. The lowest BCUT2D eigenvalue weighted by Crippen LogP contribution is -2.56. The third-order valence-corrected chi connectivity index (χ3v) is 4.09. The Balaban J connectivity index is 0. The second-order valence-corrected chi connectivity index (χ2v) is 5.33. The first-order valence-electron chi connectivity index (χ1n) is 7.36. The molecular weight excluding hydrogens is 297 g/mol. The number of amides is 1. The van der Waals surface area contributed by atoms with Gasteiger partial charge < -0.3 is 15.5 Å². The van der Waals surface area contributed by atoms with Crippen LogP contribution in [0.3, 0.4) is 0 Å². The van der Waals surface area contributed by atoms with Gasteiger partial charge in [0.25, 0.3) is 0 Å². The van der Waals surface area contributed by atoms with Crippen LogP contribution in [0.15, 0.2) is 0 Å². The summed E-state index contributed by atoms with van der Waals surface area (Å²) in [5.41, 5.74) is -0.308. The van der Waals surface area contributed by atoms with Crippen molar-refractivity contribution in [1.29, 1.82) is 0 Å². The summed E-state index contributed by atoms with van der Waals surface area (Å²) in [7, 11) is 0. The topological polar surface area (TPSA) is 44.4 Å². The summed E-state index contributed by atoms with van der Waals surface area (Å²) in [5.74, 6) is 0.183. The smallest absolute Gasteiger partial charge is 0.240 e. The standard InChI is InChI=1S/C14H29N3O.2ClH/c1-5-14(9-8-10-15-14)13(18)16-12(4)11-17(6-2)7-3;;/h12,15H,5-11H2,1-4H3,(H,16,18);2*1H. The maximum Gasteiger partial charge on any atom is 0.240 e. The highest BCUT2D eigenvalue weighted by atomic mass is 35.5. The molecule has 0 saturated carbocycles. The lowest BCUT2D eigenvalue weighted by atomic mass is 9.93. The van der Waals surface area contributed by atoms with Gasteiger partial charge in [0.15, 0.2) is 0 Å². The molecular formula is C14H31Cl2N3O. The summed E-state index contributed by atoms with van der Waals surface area (Å²) in [6.07, 6.45) is 2.94. The van der Waals surface area contributed by atoms with Crippen LogP contribution in [0, 0.1) is 0 Å². The van der Waals surface area contributed by atoms with E-state index >= 15 is 0 Å². The number of carbonyl (C=O) groups excluding carboxylic acids is 1. The molecule has 0 aliphatic carbocycles. The summed E-state index contributed by atoms with van der Waals surface area (Å²) in [6, 6.07) is 0.211. The Morgan fingerprint density at radius 3 is 2.30 bits per heavy atom. The maximum absolute atomic E-state index is 12.4. The minimum atomic E-state index is -0.308. The van der Waals surface area contributed by atoms with Crippen molar-refractivity contribution in [3.05, 3.63) is 0 Å². The number of hydrogen-bond donors (Lipinski definition) is 2. The van der Waals surface area contributed by atoms with Crippen LogP contribution in [0.2, 0.25) is 0 Å². The molecule has 20 heavy (non-hydrogen) atoms. The quantitative estimate of drug-likeness (QED) is 0.753. The van der Waals surface area contributed by atoms with Crippen molar-refractivity contribution in [3.63, 3.8) is 0 Å². The zero-order chi connectivity index (χ0) is 13.6. The Kier molecular flexibility index (Phi) is 11.9. The van der Waals surface area contributed by atoms with E-state index in [1.54, 1.807) is 0 Å². The molecule has 1 rings (SSSR count). The van der Waals surface area contributed by atoms with Gasteiger partial charge in [0.2, 0.25) is 5.91 Å². The number of halogens is 2. The highest BCUT2D eigenvalue weighted by Gasteiger charge is 2.39. The van der Waals surface area contributed by atoms with Crippen LogP contribution in [-0.4, -0.2) is 48.6 Å². The normalized spacial score (nSPS) is 22.9. The number of rotatable bonds is 7. The van der Waals surface area contributed by atoms with Crippen LogP contribution in [0.1, 0.15) is 47.0 Å². The molecule has 0 bridgehead atoms. The predicted molar refractivity (Wildman–Crippen MR) is 90.1 cm³/mol. The Morgan fingerprint density at radius 1 is 1.30 bits per heavy atom. The third kappa shape index (κ3) is 5.76. The maximum atomic E-state index is 12.4. The van der Waals surface area contributed by atoms with Crippen molar-refractivity contribution in [1.82, 2.24) is 15.5 Å². The molecule has 0 aromatic carbocycles. The fraction of sp³-hybridized carbons (Fsp3) is 0.929. The van der Waals surface area contributed by atoms with Crippen LogP contribution in [-0.2, 0) is 4.79 Å². The van der Waals surface area contributed by atoms with Gasteiger partial charge in [-0.3, -0.25) is 4.79 Å². The van der Waals surface area contributed by atoms with Crippen LogP contribution < -0.4 is 10.6 Å². The number of nitrogens with one attached hydrogen (secondary N) is 2. The fourth-order valence-corrected chi connectivity index (χ4v) is 2.74. The molecule has 1 aliphatic heterocycles. The van der Waals surface area contributed by atoms with Gasteiger partial charge >= 0.3 is 0 Å². The number of carbonyl (C=O) groups is 1. The summed E-state index contributed by atoms with van der Waals surface area (Å²) >= 11 is 0. The van der Waals surface area contributed by atoms with E-state index < -0.39 is 0 Å². The van der Waals surface area contributed by atoms with Crippen LogP contribution in [0.25, 0.3) is 0 Å². The second-order valence-electron chi connectivity index (χ2n) is 5.33. The molecule has 0 radical (unpaired) electrons. The minimum Gasteiger partial charge on any atom is -0.351 e. The number of hydrogen-bond acceptors (Lipinski definition) is 3. The molecule has 6 heteroatoms. The molecule has 2 atom stereocenters. The van der Waals surface area contributed by atoms with E-state index in [9.17, 15) is 4.79 Å². The first kappa shape index (κ1) is 22.3. The number of likely N-dealkylation sites (N-methyl/N-ethyl adjacent to an activating group) is 1. The second kappa shape index (κ2) is 10.7. The summed E-state index contributed by atoms with van der Waals surface area (Å²) in [6.45, 7) is 12.5. The Hall–Kier alpha value is -0.0300.